The molecule has 4 heteroatoms. The summed E-state index contributed by atoms with van der Waals surface area (Å²) in [5.41, 5.74) is 7.32. The third-order valence-electron chi connectivity index (χ3n) is 2.78. The maximum absolute atomic E-state index is 11.9. The van der Waals surface area contributed by atoms with Gasteiger partial charge in [-0.3, -0.25) is 4.90 Å². The first-order valence-electron chi connectivity index (χ1n) is 6.00. The number of hydrogen-bond acceptors (Lipinski definition) is 3. The van der Waals surface area contributed by atoms with E-state index in [-0.39, 0.29) is 0 Å². The molecule has 2 aromatic carbocycles. The highest BCUT2D eigenvalue weighted by Gasteiger charge is 2.12. The van der Waals surface area contributed by atoms with Gasteiger partial charge in [-0.05, 0) is 29.8 Å². The number of benzene rings is 2. The summed E-state index contributed by atoms with van der Waals surface area (Å²) in [6.07, 6.45) is -0.424. The van der Waals surface area contributed by atoms with Gasteiger partial charge in [0.2, 0.25) is 0 Å². The summed E-state index contributed by atoms with van der Waals surface area (Å²) in [6, 6.07) is 16.4. The molecule has 0 aliphatic carbocycles. The van der Waals surface area contributed by atoms with Crippen LogP contribution in [0, 0.1) is 0 Å². The Hall–Kier alpha value is -2.33. The molecule has 0 fully saturated rings. The van der Waals surface area contributed by atoms with Crippen LogP contribution in [0.1, 0.15) is 5.56 Å². The Morgan fingerprint density at radius 2 is 1.74 bits per heavy atom. The van der Waals surface area contributed by atoms with Gasteiger partial charge in [-0.1, -0.05) is 30.3 Å². The van der Waals surface area contributed by atoms with Crippen molar-refractivity contribution in [1.29, 1.82) is 0 Å². The minimum Gasteiger partial charge on any atom is -0.410 e. The van der Waals surface area contributed by atoms with E-state index in [1.54, 1.807) is 19.2 Å². The summed E-state index contributed by atoms with van der Waals surface area (Å²) in [6.45, 7) is 0.485. The molecule has 0 spiro atoms. The number of carbonyl (C=O) groups is 1. The Labute approximate surface area is 112 Å². The van der Waals surface area contributed by atoms with Crippen molar-refractivity contribution in [2.24, 2.45) is 5.73 Å². The van der Waals surface area contributed by atoms with Crippen LogP contribution in [-0.2, 0) is 6.54 Å². The molecular formula is C15H16N2O2. The Bertz CT molecular complexity index is 538. The van der Waals surface area contributed by atoms with Crippen LogP contribution in [0.25, 0.3) is 0 Å². The SMILES string of the molecule is CN(C(=O)Oc1ccccc1)c1ccc(CN)cc1. The van der Waals surface area contributed by atoms with E-state index < -0.39 is 6.09 Å². The number of hydrogen-bond donors (Lipinski definition) is 1. The quantitative estimate of drug-likeness (QED) is 0.918. The van der Waals surface area contributed by atoms with E-state index in [1.807, 2.05) is 42.5 Å². The predicted molar refractivity (Wildman–Crippen MR) is 75.2 cm³/mol. The van der Waals surface area contributed by atoms with E-state index in [4.69, 9.17) is 10.5 Å². The third-order valence-corrected chi connectivity index (χ3v) is 2.78. The Morgan fingerprint density at radius 3 is 2.32 bits per heavy atom. The maximum Gasteiger partial charge on any atom is 0.419 e. The number of nitrogens with two attached hydrogens (primary N) is 1. The van der Waals surface area contributed by atoms with Crippen LogP contribution in [0.15, 0.2) is 54.6 Å². The van der Waals surface area contributed by atoms with E-state index >= 15 is 0 Å². The van der Waals surface area contributed by atoms with Gasteiger partial charge in [-0.15, -0.1) is 0 Å². The van der Waals surface area contributed by atoms with Crippen LogP contribution in [0.5, 0.6) is 5.75 Å². The summed E-state index contributed by atoms with van der Waals surface area (Å²) >= 11 is 0. The minimum atomic E-state index is -0.424. The molecular weight excluding hydrogens is 240 g/mol. The van der Waals surface area contributed by atoms with Crippen molar-refractivity contribution < 1.29 is 9.53 Å². The van der Waals surface area contributed by atoms with Crippen LogP contribution in [0.4, 0.5) is 10.5 Å². The molecule has 2 N–H and O–H groups in total. The van der Waals surface area contributed by atoms with E-state index in [0.717, 1.165) is 11.3 Å². The molecule has 0 aliphatic rings. The van der Waals surface area contributed by atoms with E-state index in [9.17, 15) is 4.79 Å². The zero-order valence-corrected chi connectivity index (χ0v) is 10.7. The highest BCUT2D eigenvalue weighted by atomic mass is 16.6. The number of amides is 1. The molecule has 1 amide bonds. The second-order valence-corrected chi connectivity index (χ2v) is 4.11. The van der Waals surface area contributed by atoms with Crippen molar-refractivity contribution in [2.75, 3.05) is 11.9 Å². The lowest BCUT2D eigenvalue weighted by Gasteiger charge is -2.17. The summed E-state index contributed by atoms with van der Waals surface area (Å²) < 4.78 is 5.25. The number of carbonyl (C=O) groups excluding carboxylic acids is 1. The lowest BCUT2D eigenvalue weighted by atomic mass is 10.2. The third kappa shape index (κ3) is 3.33. The molecule has 0 atom stereocenters. The Balaban J connectivity index is 2.06. The monoisotopic (exact) mass is 256 g/mol. The van der Waals surface area contributed by atoms with Gasteiger partial charge in [0.1, 0.15) is 5.75 Å². The predicted octanol–water partition coefficient (Wildman–Crippen LogP) is 2.78. The molecule has 0 saturated carbocycles. The van der Waals surface area contributed by atoms with Crippen molar-refractivity contribution in [3.05, 3.63) is 60.2 Å². The van der Waals surface area contributed by atoms with Crippen LogP contribution < -0.4 is 15.4 Å². The zero-order valence-electron chi connectivity index (χ0n) is 10.7. The normalized spacial score (nSPS) is 10.0. The first kappa shape index (κ1) is 13.1. The van der Waals surface area contributed by atoms with Crippen LogP contribution >= 0.6 is 0 Å². The van der Waals surface area contributed by atoms with Crippen LogP contribution in [0.3, 0.4) is 0 Å². The number of nitrogens with zero attached hydrogens (tertiary/aromatic N) is 1. The lowest BCUT2D eigenvalue weighted by molar-refractivity contribution is 0.209. The van der Waals surface area contributed by atoms with Gasteiger partial charge in [0.05, 0.1) is 0 Å². The molecule has 19 heavy (non-hydrogen) atoms. The summed E-state index contributed by atoms with van der Waals surface area (Å²) in [5.74, 6) is 0.526. The molecule has 2 rings (SSSR count). The molecule has 0 aliphatic heterocycles. The highest BCUT2D eigenvalue weighted by molar-refractivity contribution is 5.88. The average molecular weight is 256 g/mol. The van der Waals surface area contributed by atoms with Gasteiger partial charge in [0.15, 0.2) is 0 Å². The molecule has 0 saturated heterocycles. The molecule has 0 unspecified atom stereocenters. The minimum absolute atomic E-state index is 0.424. The van der Waals surface area contributed by atoms with Crippen molar-refractivity contribution in [3.63, 3.8) is 0 Å². The fraction of sp³-hybridized carbons (Fsp3) is 0.133. The summed E-state index contributed by atoms with van der Waals surface area (Å²) in [4.78, 5) is 13.4. The zero-order chi connectivity index (χ0) is 13.7. The van der Waals surface area contributed by atoms with E-state index in [2.05, 4.69) is 0 Å². The fourth-order valence-corrected chi connectivity index (χ4v) is 1.62. The molecule has 0 bridgehead atoms. The molecule has 0 radical (unpaired) electrons. The lowest BCUT2D eigenvalue weighted by Crippen LogP contribution is -2.29. The molecule has 4 nitrogen and oxygen atoms in total. The largest absolute Gasteiger partial charge is 0.419 e. The van der Waals surface area contributed by atoms with Gasteiger partial charge < -0.3 is 10.5 Å². The standard InChI is InChI=1S/C15H16N2O2/c1-17(13-9-7-12(11-16)8-10-13)15(18)19-14-5-3-2-4-6-14/h2-10H,11,16H2,1H3. The molecule has 0 heterocycles. The van der Waals surface area contributed by atoms with Crippen LogP contribution in [0.2, 0.25) is 0 Å². The molecule has 2 aromatic rings. The smallest absolute Gasteiger partial charge is 0.410 e. The topological polar surface area (TPSA) is 55.6 Å². The fourth-order valence-electron chi connectivity index (χ4n) is 1.62. The van der Waals surface area contributed by atoms with Gasteiger partial charge in [0, 0.05) is 19.3 Å². The Kier molecular flexibility index (Phi) is 4.15. The van der Waals surface area contributed by atoms with Crippen molar-refractivity contribution >= 4 is 11.8 Å². The number of ether oxygens (including phenoxy) is 1. The van der Waals surface area contributed by atoms with Gasteiger partial charge in [0.25, 0.3) is 0 Å². The highest BCUT2D eigenvalue weighted by Crippen LogP contribution is 2.16. The van der Waals surface area contributed by atoms with E-state index in [1.165, 1.54) is 4.90 Å². The van der Waals surface area contributed by atoms with Gasteiger partial charge in [-0.25, -0.2) is 4.79 Å². The maximum atomic E-state index is 11.9. The van der Waals surface area contributed by atoms with Crippen molar-refractivity contribution in [3.8, 4) is 5.75 Å². The number of rotatable bonds is 3. The molecule has 0 aromatic heterocycles. The first-order chi connectivity index (χ1) is 9.20. The van der Waals surface area contributed by atoms with Crippen molar-refractivity contribution in [2.45, 2.75) is 6.54 Å². The van der Waals surface area contributed by atoms with Gasteiger partial charge >= 0.3 is 6.09 Å². The van der Waals surface area contributed by atoms with Gasteiger partial charge in [-0.2, -0.15) is 0 Å². The van der Waals surface area contributed by atoms with Crippen LogP contribution in [-0.4, -0.2) is 13.1 Å². The summed E-state index contributed by atoms with van der Waals surface area (Å²) in [7, 11) is 1.67. The van der Waals surface area contributed by atoms with E-state index in [0.29, 0.717) is 12.3 Å². The summed E-state index contributed by atoms with van der Waals surface area (Å²) in [5, 5.41) is 0. The number of para-hydroxylation sites is 1. The van der Waals surface area contributed by atoms with Crippen molar-refractivity contribution in [1.82, 2.24) is 0 Å². The molecule has 98 valence electrons. The number of anilines is 1. The Morgan fingerprint density at radius 1 is 1.11 bits per heavy atom. The average Bonchev–Trinajstić information content (AvgIpc) is 2.47. The second kappa shape index (κ2) is 6.02. The first-order valence-corrected chi connectivity index (χ1v) is 6.00. The second-order valence-electron chi connectivity index (χ2n) is 4.11.